The molecule has 0 bridgehead atoms. The summed E-state index contributed by atoms with van der Waals surface area (Å²) in [6.07, 6.45) is 0. The average molecular weight is 163 g/mol. The van der Waals surface area contributed by atoms with Gasteiger partial charge in [0.15, 0.2) is 0 Å². The van der Waals surface area contributed by atoms with Gasteiger partial charge in [-0.25, -0.2) is 0 Å². The Kier molecular flexibility index (Phi) is 2.33. The number of carbonyl (C=O) groups excluding carboxylic acids is 1. The second-order valence-electron chi connectivity index (χ2n) is 2.78. The molecule has 0 aliphatic heterocycles. The van der Waals surface area contributed by atoms with Crippen LogP contribution in [0.5, 0.6) is 0 Å². The number of carbonyl (C=O) groups is 1. The fourth-order valence-electron chi connectivity index (χ4n) is 0.910. The fourth-order valence-corrected chi connectivity index (χ4v) is 0.910. The lowest BCUT2D eigenvalue weighted by molar-refractivity contribution is 0.0827. The fraction of sp³-hybridized carbons (Fsp3) is 0.222. The molecule has 0 aromatic heterocycles. The minimum Gasteiger partial charge on any atom is -0.345 e. The second kappa shape index (κ2) is 3.26. The molecule has 0 aliphatic rings. The molecule has 63 valence electrons. The van der Waals surface area contributed by atoms with Gasteiger partial charge in [0.05, 0.1) is 5.69 Å². The van der Waals surface area contributed by atoms with Crippen LogP contribution in [0.4, 0.5) is 5.69 Å². The molecular weight excluding hydrogens is 152 g/mol. The minimum atomic E-state index is -0.0656. The zero-order valence-corrected chi connectivity index (χ0v) is 7.16. The summed E-state index contributed by atoms with van der Waals surface area (Å²) in [7, 11) is 3.39. The molecule has 0 aliphatic carbocycles. The third-order valence-electron chi connectivity index (χ3n) is 1.52. The van der Waals surface area contributed by atoms with Gasteiger partial charge in [-0.2, -0.15) is 0 Å². The quantitative estimate of drug-likeness (QED) is 0.615. The monoisotopic (exact) mass is 163 g/mol. The lowest BCUT2D eigenvalue weighted by Gasteiger charge is -2.09. The van der Waals surface area contributed by atoms with E-state index in [1.807, 2.05) is 0 Å². The number of hydrogen-bond donors (Lipinski definition) is 0. The molecule has 0 saturated heterocycles. The highest BCUT2D eigenvalue weighted by molar-refractivity contribution is 5.94. The Labute approximate surface area is 71.8 Å². The molecule has 0 atom stereocenters. The van der Waals surface area contributed by atoms with Crippen LogP contribution in [0, 0.1) is 0 Å². The summed E-state index contributed by atoms with van der Waals surface area (Å²) >= 11 is 0. The average Bonchev–Trinajstić information content (AvgIpc) is 2.03. The number of amides is 1. The molecular formula is C9H11N2O. The van der Waals surface area contributed by atoms with E-state index < -0.39 is 0 Å². The van der Waals surface area contributed by atoms with Gasteiger partial charge in [-0.1, -0.05) is 6.07 Å². The van der Waals surface area contributed by atoms with Crippen LogP contribution in [0.3, 0.4) is 0 Å². The van der Waals surface area contributed by atoms with E-state index in [9.17, 15) is 4.79 Å². The summed E-state index contributed by atoms with van der Waals surface area (Å²) in [4.78, 5) is 12.8. The molecule has 0 heterocycles. The SMILES string of the molecule is CN(C)C(=O)c1cccc([NH])c1. The highest BCUT2D eigenvalue weighted by Gasteiger charge is 2.06. The lowest BCUT2D eigenvalue weighted by Crippen LogP contribution is -2.21. The van der Waals surface area contributed by atoms with Crippen molar-refractivity contribution in [3.05, 3.63) is 29.8 Å². The van der Waals surface area contributed by atoms with E-state index in [2.05, 4.69) is 0 Å². The molecule has 12 heavy (non-hydrogen) atoms. The van der Waals surface area contributed by atoms with E-state index in [0.717, 1.165) is 0 Å². The second-order valence-corrected chi connectivity index (χ2v) is 2.78. The number of nitrogens with one attached hydrogen (secondary N) is 1. The molecule has 1 rings (SSSR count). The van der Waals surface area contributed by atoms with Crippen LogP contribution in [-0.2, 0) is 0 Å². The zero-order valence-electron chi connectivity index (χ0n) is 7.16. The first-order valence-corrected chi connectivity index (χ1v) is 3.64. The molecule has 3 heteroatoms. The molecule has 3 nitrogen and oxygen atoms in total. The normalized spacial score (nSPS) is 9.50. The molecule has 0 unspecified atom stereocenters. The molecule has 0 saturated carbocycles. The van der Waals surface area contributed by atoms with Crippen molar-refractivity contribution in [3.63, 3.8) is 0 Å². The molecule has 1 radical (unpaired) electrons. The predicted molar refractivity (Wildman–Crippen MR) is 47.2 cm³/mol. The van der Waals surface area contributed by atoms with E-state index in [1.165, 1.54) is 4.90 Å². The highest BCUT2D eigenvalue weighted by atomic mass is 16.2. The molecule has 0 spiro atoms. The van der Waals surface area contributed by atoms with Gasteiger partial charge in [0, 0.05) is 19.7 Å². The van der Waals surface area contributed by atoms with Gasteiger partial charge in [-0.15, -0.1) is 0 Å². The van der Waals surface area contributed by atoms with Gasteiger partial charge in [0.2, 0.25) is 0 Å². The van der Waals surface area contributed by atoms with Crippen molar-refractivity contribution < 1.29 is 4.79 Å². The van der Waals surface area contributed by atoms with E-state index in [-0.39, 0.29) is 5.91 Å². The van der Waals surface area contributed by atoms with Crippen molar-refractivity contribution in [2.24, 2.45) is 0 Å². The number of nitrogens with zero attached hydrogens (tertiary/aromatic N) is 1. The van der Waals surface area contributed by atoms with E-state index in [1.54, 1.807) is 38.4 Å². The number of benzene rings is 1. The maximum atomic E-state index is 11.3. The Morgan fingerprint density at radius 2 is 2.08 bits per heavy atom. The van der Waals surface area contributed by atoms with Crippen LogP contribution < -0.4 is 5.73 Å². The Morgan fingerprint density at radius 3 is 2.58 bits per heavy atom. The first-order valence-electron chi connectivity index (χ1n) is 3.64. The van der Waals surface area contributed by atoms with Crippen LogP contribution >= 0.6 is 0 Å². The van der Waals surface area contributed by atoms with Gasteiger partial charge in [0.1, 0.15) is 0 Å². The molecule has 1 N–H and O–H groups in total. The Balaban J connectivity index is 2.96. The molecule has 1 aromatic rings. The third kappa shape index (κ3) is 1.75. The summed E-state index contributed by atoms with van der Waals surface area (Å²) in [5.74, 6) is -0.0656. The largest absolute Gasteiger partial charge is 0.345 e. The predicted octanol–water partition coefficient (Wildman–Crippen LogP) is 1.30. The summed E-state index contributed by atoms with van der Waals surface area (Å²) in [5.41, 5.74) is 8.23. The Morgan fingerprint density at radius 1 is 1.42 bits per heavy atom. The first-order chi connectivity index (χ1) is 5.61. The first kappa shape index (κ1) is 8.59. The van der Waals surface area contributed by atoms with Gasteiger partial charge in [0.25, 0.3) is 5.91 Å². The summed E-state index contributed by atoms with van der Waals surface area (Å²) < 4.78 is 0. The number of rotatable bonds is 1. The topological polar surface area (TPSA) is 44.1 Å². The summed E-state index contributed by atoms with van der Waals surface area (Å²) in [6, 6.07) is 6.62. The van der Waals surface area contributed by atoms with Crippen molar-refractivity contribution in [1.29, 1.82) is 0 Å². The summed E-state index contributed by atoms with van der Waals surface area (Å²) in [5, 5.41) is 0. The van der Waals surface area contributed by atoms with Crippen molar-refractivity contribution in [1.82, 2.24) is 10.6 Å². The smallest absolute Gasteiger partial charge is 0.253 e. The van der Waals surface area contributed by atoms with Crippen LogP contribution in [0.2, 0.25) is 0 Å². The van der Waals surface area contributed by atoms with E-state index >= 15 is 0 Å². The van der Waals surface area contributed by atoms with Crippen LogP contribution in [-0.4, -0.2) is 24.9 Å². The van der Waals surface area contributed by atoms with Crippen LogP contribution in [0.15, 0.2) is 24.3 Å². The molecule has 0 fully saturated rings. The van der Waals surface area contributed by atoms with E-state index in [0.29, 0.717) is 11.3 Å². The number of hydrogen-bond acceptors (Lipinski definition) is 1. The Bertz CT molecular complexity index is 294. The van der Waals surface area contributed by atoms with Gasteiger partial charge >= 0.3 is 0 Å². The van der Waals surface area contributed by atoms with Crippen molar-refractivity contribution in [2.75, 3.05) is 14.1 Å². The van der Waals surface area contributed by atoms with Crippen LogP contribution in [0.25, 0.3) is 0 Å². The van der Waals surface area contributed by atoms with Crippen molar-refractivity contribution >= 4 is 11.6 Å². The highest BCUT2D eigenvalue weighted by Crippen LogP contribution is 2.09. The van der Waals surface area contributed by atoms with Crippen molar-refractivity contribution in [2.45, 2.75) is 0 Å². The maximum absolute atomic E-state index is 11.3. The standard InChI is InChI=1S/C9H11N2O/c1-11(2)9(12)7-4-3-5-8(10)6-7/h3-6,10H,1-2H3. The Hall–Kier alpha value is -1.51. The van der Waals surface area contributed by atoms with Gasteiger partial charge < -0.3 is 10.6 Å². The third-order valence-corrected chi connectivity index (χ3v) is 1.52. The van der Waals surface area contributed by atoms with Gasteiger partial charge in [-0.05, 0) is 18.2 Å². The van der Waals surface area contributed by atoms with E-state index in [4.69, 9.17) is 5.73 Å². The summed E-state index contributed by atoms with van der Waals surface area (Å²) in [6.45, 7) is 0. The zero-order chi connectivity index (χ0) is 9.14. The van der Waals surface area contributed by atoms with Gasteiger partial charge in [-0.3, -0.25) is 4.79 Å². The minimum absolute atomic E-state index is 0.0656. The molecule has 1 amide bonds. The van der Waals surface area contributed by atoms with Crippen molar-refractivity contribution in [3.8, 4) is 0 Å². The molecule has 1 aromatic carbocycles. The maximum Gasteiger partial charge on any atom is 0.253 e. The lowest BCUT2D eigenvalue weighted by atomic mass is 10.2. The van der Waals surface area contributed by atoms with Crippen LogP contribution in [0.1, 0.15) is 10.4 Å².